The van der Waals surface area contributed by atoms with Crippen LogP contribution in [0.1, 0.15) is 27.2 Å². The molecule has 0 unspecified atom stereocenters. The van der Waals surface area contributed by atoms with Gasteiger partial charge in [0.1, 0.15) is 0 Å². The Bertz CT molecular complexity index is 158. The van der Waals surface area contributed by atoms with Gasteiger partial charge < -0.3 is 4.74 Å². The van der Waals surface area contributed by atoms with Crippen LogP contribution in [0, 0.1) is 0 Å². The zero-order valence-electron chi connectivity index (χ0n) is 7.16. The molecule has 1 saturated heterocycles. The van der Waals surface area contributed by atoms with E-state index in [4.69, 9.17) is 4.74 Å². The number of carbonyl (C=O) groups excluding carboxylic acids is 1. The Morgan fingerprint density at radius 1 is 1.55 bits per heavy atom. The van der Waals surface area contributed by atoms with Gasteiger partial charge >= 0.3 is 0 Å². The van der Waals surface area contributed by atoms with Crippen molar-refractivity contribution in [2.45, 2.75) is 44.6 Å². The molecule has 3 heteroatoms. The summed E-state index contributed by atoms with van der Waals surface area (Å²) in [6.07, 6.45) is 1.56. The fourth-order valence-electron chi connectivity index (χ4n) is 1.39. The summed E-state index contributed by atoms with van der Waals surface area (Å²) >= 11 is 1.41. The summed E-state index contributed by atoms with van der Waals surface area (Å²) in [6, 6.07) is 0. The van der Waals surface area contributed by atoms with Gasteiger partial charge in [0.15, 0.2) is 5.12 Å². The van der Waals surface area contributed by atoms with Crippen LogP contribution in [-0.4, -0.2) is 22.6 Å². The highest BCUT2D eigenvalue weighted by Gasteiger charge is 2.30. The smallest absolute Gasteiger partial charge is 0.186 e. The van der Waals surface area contributed by atoms with Gasteiger partial charge in [0, 0.05) is 12.2 Å². The highest BCUT2D eigenvalue weighted by molar-refractivity contribution is 8.14. The van der Waals surface area contributed by atoms with Crippen molar-refractivity contribution in [2.24, 2.45) is 0 Å². The molecule has 0 aromatic carbocycles. The van der Waals surface area contributed by atoms with Gasteiger partial charge in [-0.15, -0.1) is 0 Å². The van der Waals surface area contributed by atoms with Crippen LogP contribution in [0.5, 0.6) is 0 Å². The second kappa shape index (κ2) is 3.59. The molecule has 3 atom stereocenters. The Hall–Kier alpha value is -0.0200. The van der Waals surface area contributed by atoms with Gasteiger partial charge in [-0.2, -0.15) is 0 Å². The zero-order chi connectivity index (χ0) is 8.43. The minimum absolute atomic E-state index is 0.194. The predicted octanol–water partition coefficient (Wildman–Crippen LogP) is 1.83. The van der Waals surface area contributed by atoms with Crippen molar-refractivity contribution in [1.29, 1.82) is 0 Å². The number of rotatable bonds is 1. The summed E-state index contributed by atoms with van der Waals surface area (Å²) < 4.78 is 5.50. The normalized spacial score (nSPS) is 37.5. The first-order chi connectivity index (χ1) is 5.09. The second-order valence-corrected chi connectivity index (χ2v) is 4.45. The van der Waals surface area contributed by atoms with Gasteiger partial charge in [-0.3, -0.25) is 4.79 Å². The highest BCUT2D eigenvalue weighted by atomic mass is 32.2. The van der Waals surface area contributed by atoms with Crippen molar-refractivity contribution >= 4 is 16.9 Å². The average Bonchev–Trinajstić information content (AvgIpc) is 2.09. The Balaban J connectivity index is 2.40. The summed E-state index contributed by atoms with van der Waals surface area (Å²) in [6.45, 7) is 5.70. The SMILES string of the molecule is CC(=O)S[C@@H]1C[C@@H](C)O[C@H]1C. The minimum Gasteiger partial charge on any atom is -0.374 e. The molecule has 11 heavy (non-hydrogen) atoms. The monoisotopic (exact) mass is 174 g/mol. The molecule has 2 nitrogen and oxygen atoms in total. The Morgan fingerprint density at radius 2 is 2.18 bits per heavy atom. The Labute approximate surface area is 71.7 Å². The molecule has 0 aliphatic carbocycles. The van der Waals surface area contributed by atoms with Crippen LogP contribution < -0.4 is 0 Å². The largest absolute Gasteiger partial charge is 0.374 e. The van der Waals surface area contributed by atoms with E-state index in [-0.39, 0.29) is 11.2 Å². The molecule has 0 aromatic heterocycles. The number of carbonyl (C=O) groups is 1. The van der Waals surface area contributed by atoms with Crippen LogP contribution in [0.4, 0.5) is 0 Å². The third-order valence-corrected chi connectivity index (χ3v) is 3.06. The number of hydrogen-bond acceptors (Lipinski definition) is 3. The molecule has 0 N–H and O–H groups in total. The van der Waals surface area contributed by atoms with Crippen molar-refractivity contribution < 1.29 is 9.53 Å². The summed E-state index contributed by atoms with van der Waals surface area (Å²) in [4.78, 5) is 10.8. The number of thioether (sulfide) groups is 1. The van der Waals surface area contributed by atoms with Crippen molar-refractivity contribution in [3.05, 3.63) is 0 Å². The number of hydrogen-bond donors (Lipinski definition) is 0. The maximum Gasteiger partial charge on any atom is 0.186 e. The van der Waals surface area contributed by atoms with Gasteiger partial charge in [-0.1, -0.05) is 11.8 Å². The third kappa shape index (κ3) is 2.49. The molecule has 1 heterocycles. The molecular formula is C8H14O2S. The van der Waals surface area contributed by atoms with Gasteiger partial charge in [-0.05, 0) is 20.3 Å². The molecule has 64 valence electrons. The van der Waals surface area contributed by atoms with Crippen LogP contribution in [0.2, 0.25) is 0 Å². The fourth-order valence-corrected chi connectivity index (χ4v) is 2.43. The van der Waals surface area contributed by atoms with E-state index in [1.165, 1.54) is 11.8 Å². The summed E-state index contributed by atoms with van der Waals surface area (Å²) in [5.74, 6) is 0. The van der Waals surface area contributed by atoms with Crippen LogP contribution in [-0.2, 0) is 9.53 Å². The van der Waals surface area contributed by atoms with Crippen LogP contribution in [0.15, 0.2) is 0 Å². The summed E-state index contributed by atoms with van der Waals surface area (Å²) in [5, 5.41) is 0.571. The highest BCUT2D eigenvalue weighted by Crippen LogP contribution is 2.30. The first-order valence-corrected chi connectivity index (χ1v) is 4.80. The second-order valence-electron chi connectivity index (χ2n) is 3.04. The van der Waals surface area contributed by atoms with Crippen molar-refractivity contribution in [3.63, 3.8) is 0 Å². The average molecular weight is 174 g/mol. The van der Waals surface area contributed by atoms with E-state index >= 15 is 0 Å². The van der Waals surface area contributed by atoms with E-state index in [0.717, 1.165) is 6.42 Å². The van der Waals surface area contributed by atoms with E-state index in [1.807, 2.05) is 6.92 Å². The zero-order valence-corrected chi connectivity index (χ0v) is 7.98. The van der Waals surface area contributed by atoms with E-state index in [2.05, 4.69) is 6.92 Å². The van der Waals surface area contributed by atoms with E-state index in [0.29, 0.717) is 11.4 Å². The van der Waals surface area contributed by atoms with Crippen LogP contribution in [0.3, 0.4) is 0 Å². The van der Waals surface area contributed by atoms with Crippen molar-refractivity contribution in [2.75, 3.05) is 0 Å². The standard InChI is InChI=1S/C8H14O2S/c1-5-4-8(6(2)10-5)11-7(3)9/h5-6,8H,4H2,1-3H3/t5-,6+,8-/m1/s1. The molecule has 1 rings (SSSR count). The van der Waals surface area contributed by atoms with Gasteiger partial charge in [0.05, 0.1) is 12.2 Å². The fraction of sp³-hybridized carbons (Fsp3) is 0.875. The van der Waals surface area contributed by atoms with E-state index < -0.39 is 0 Å². The third-order valence-electron chi connectivity index (χ3n) is 1.85. The maximum absolute atomic E-state index is 10.8. The molecule has 0 saturated carbocycles. The van der Waals surface area contributed by atoms with Crippen LogP contribution >= 0.6 is 11.8 Å². The quantitative estimate of drug-likeness (QED) is 0.606. The molecule has 0 radical (unpaired) electrons. The van der Waals surface area contributed by atoms with Crippen molar-refractivity contribution in [1.82, 2.24) is 0 Å². The Kier molecular flexibility index (Phi) is 2.96. The lowest BCUT2D eigenvalue weighted by Crippen LogP contribution is -2.14. The summed E-state index contributed by atoms with van der Waals surface area (Å²) in [5.41, 5.74) is 0. The molecule has 0 spiro atoms. The maximum atomic E-state index is 10.8. The lowest BCUT2D eigenvalue weighted by Gasteiger charge is -2.09. The Morgan fingerprint density at radius 3 is 2.55 bits per heavy atom. The van der Waals surface area contributed by atoms with Gasteiger partial charge in [0.2, 0.25) is 0 Å². The molecule has 0 amide bonds. The molecular weight excluding hydrogens is 160 g/mol. The first-order valence-electron chi connectivity index (χ1n) is 3.92. The molecule has 1 fully saturated rings. The van der Waals surface area contributed by atoms with Crippen molar-refractivity contribution in [3.8, 4) is 0 Å². The summed E-state index contributed by atoms with van der Waals surface area (Å²) in [7, 11) is 0. The molecule has 1 aliphatic rings. The number of ether oxygens (including phenoxy) is 1. The lowest BCUT2D eigenvalue weighted by molar-refractivity contribution is -0.109. The minimum atomic E-state index is 0.194. The first kappa shape index (κ1) is 9.07. The molecule has 1 aliphatic heterocycles. The molecule has 0 aromatic rings. The lowest BCUT2D eigenvalue weighted by atomic mass is 10.2. The molecule has 0 bridgehead atoms. The van der Waals surface area contributed by atoms with Gasteiger partial charge in [0.25, 0.3) is 0 Å². The van der Waals surface area contributed by atoms with E-state index in [1.54, 1.807) is 6.92 Å². The topological polar surface area (TPSA) is 26.3 Å². The van der Waals surface area contributed by atoms with Gasteiger partial charge in [-0.25, -0.2) is 0 Å². The van der Waals surface area contributed by atoms with Crippen LogP contribution in [0.25, 0.3) is 0 Å². The van der Waals surface area contributed by atoms with E-state index in [9.17, 15) is 4.79 Å². The predicted molar refractivity (Wildman–Crippen MR) is 46.7 cm³/mol.